The predicted molar refractivity (Wildman–Crippen MR) is 93.9 cm³/mol. The summed E-state index contributed by atoms with van der Waals surface area (Å²) in [4.78, 5) is 11.8. The van der Waals surface area contributed by atoms with E-state index < -0.39 is 0 Å². The summed E-state index contributed by atoms with van der Waals surface area (Å²) in [7, 11) is 1.64. The highest BCUT2D eigenvalue weighted by Crippen LogP contribution is 2.16. The quantitative estimate of drug-likeness (QED) is 0.699. The van der Waals surface area contributed by atoms with Crippen molar-refractivity contribution in [2.45, 2.75) is 19.3 Å². The van der Waals surface area contributed by atoms with Gasteiger partial charge in [0.15, 0.2) is 0 Å². The third kappa shape index (κ3) is 6.43. The smallest absolute Gasteiger partial charge is 0.221 e. The van der Waals surface area contributed by atoms with Gasteiger partial charge >= 0.3 is 0 Å². The summed E-state index contributed by atoms with van der Waals surface area (Å²) in [6, 6.07) is 18.0. The molecule has 2 aromatic rings. The van der Waals surface area contributed by atoms with Gasteiger partial charge < -0.3 is 15.4 Å². The Morgan fingerprint density at radius 2 is 1.87 bits per heavy atom. The van der Waals surface area contributed by atoms with Crippen molar-refractivity contribution < 1.29 is 9.53 Å². The number of hydrogen-bond donors (Lipinski definition) is 2. The number of hydrogen-bond acceptors (Lipinski definition) is 3. The van der Waals surface area contributed by atoms with Crippen molar-refractivity contribution in [2.24, 2.45) is 0 Å². The molecular formula is C19H24N2O2. The minimum Gasteiger partial charge on any atom is -0.497 e. The van der Waals surface area contributed by atoms with Crippen LogP contribution in [0.2, 0.25) is 0 Å². The first kappa shape index (κ1) is 16.9. The Kier molecular flexibility index (Phi) is 6.98. The molecular weight excluding hydrogens is 288 g/mol. The van der Waals surface area contributed by atoms with Gasteiger partial charge in [0.2, 0.25) is 5.91 Å². The maximum Gasteiger partial charge on any atom is 0.221 e. The number of rotatable bonds is 9. The molecule has 2 N–H and O–H groups in total. The fraction of sp³-hybridized carbons (Fsp3) is 0.316. The monoisotopic (exact) mass is 312 g/mol. The van der Waals surface area contributed by atoms with E-state index in [4.69, 9.17) is 4.74 Å². The van der Waals surface area contributed by atoms with Gasteiger partial charge in [-0.05, 0) is 30.5 Å². The molecule has 4 heteroatoms. The van der Waals surface area contributed by atoms with Crippen LogP contribution in [0.3, 0.4) is 0 Å². The largest absolute Gasteiger partial charge is 0.497 e. The third-order valence-electron chi connectivity index (χ3n) is 3.56. The van der Waals surface area contributed by atoms with Gasteiger partial charge in [0, 0.05) is 31.3 Å². The number of benzene rings is 2. The molecule has 0 aliphatic carbocycles. The van der Waals surface area contributed by atoms with Gasteiger partial charge in [0.1, 0.15) is 5.75 Å². The molecule has 0 aliphatic rings. The van der Waals surface area contributed by atoms with E-state index in [2.05, 4.69) is 22.8 Å². The standard InChI is InChI=1S/C19H24N2O2/c1-23-18-11-5-10-17(15-18)20-14-12-19(22)21-13-6-9-16-7-3-2-4-8-16/h2-5,7-8,10-11,15,20H,6,9,12-14H2,1H3,(H,21,22). The molecule has 122 valence electrons. The van der Waals surface area contributed by atoms with Crippen molar-refractivity contribution in [3.63, 3.8) is 0 Å². The van der Waals surface area contributed by atoms with Gasteiger partial charge in [-0.25, -0.2) is 0 Å². The zero-order valence-corrected chi connectivity index (χ0v) is 13.5. The molecule has 0 fully saturated rings. The second kappa shape index (κ2) is 9.51. The number of carbonyl (C=O) groups is 1. The average molecular weight is 312 g/mol. The maximum atomic E-state index is 11.8. The van der Waals surface area contributed by atoms with Crippen LogP contribution in [0.1, 0.15) is 18.4 Å². The topological polar surface area (TPSA) is 50.4 Å². The van der Waals surface area contributed by atoms with E-state index >= 15 is 0 Å². The number of amides is 1. The zero-order valence-electron chi connectivity index (χ0n) is 13.5. The highest BCUT2D eigenvalue weighted by molar-refractivity contribution is 5.76. The van der Waals surface area contributed by atoms with E-state index in [9.17, 15) is 4.79 Å². The molecule has 0 spiro atoms. The molecule has 0 bridgehead atoms. The van der Waals surface area contributed by atoms with Crippen LogP contribution in [0.5, 0.6) is 5.75 Å². The second-order valence-electron chi connectivity index (χ2n) is 5.35. The molecule has 0 aliphatic heterocycles. The molecule has 2 rings (SSSR count). The first-order chi connectivity index (χ1) is 11.3. The Morgan fingerprint density at radius 3 is 2.65 bits per heavy atom. The van der Waals surface area contributed by atoms with Gasteiger partial charge in [-0.1, -0.05) is 36.4 Å². The van der Waals surface area contributed by atoms with E-state index in [-0.39, 0.29) is 5.91 Å². The molecule has 0 aromatic heterocycles. The second-order valence-corrected chi connectivity index (χ2v) is 5.35. The van der Waals surface area contributed by atoms with Crippen LogP contribution >= 0.6 is 0 Å². The lowest BCUT2D eigenvalue weighted by molar-refractivity contribution is -0.120. The van der Waals surface area contributed by atoms with Gasteiger partial charge in [0.05, 0.1) is 7.11 Å². The maximum absolute atomic E-state index is 11.8. The van der Waals surface area contributed by atoms with Crippen LogP contribution in [-0.2, 0) is 11.2 Å². The summed E-state index contributed by atoms with van der Waals surface area (Å²) in [6.07, 6.45) is 2.41. The van der Waals surface area contributed by atoms with Crippen molar-refractivity contribution in [2.75, 3.05) is 25.5 Å². The van der Waals surface area contributed by atoms with E-state index in [1.807, 2.05) is 42.5 Å². The van der Waals surface area contributed by atoms with Crippen LogP contribution in [0, 0.1) is 0 Å². The Morgan fingerprint density at radius 1 is 1.04 bits per heavy atom. The Labute approximate surface area is 137 Å². The predicted octanol–water partition coefficient (Wildman–Crippen LogP) is 3.25. The molecule has 23 heavy (non-hydrogen) atoms. The number of anilines is 1. The molecule has 1 amide bonds. The van der Waals surface area contributed by atoms with Crippen LogP contribution < -0.4 is 15.4 Å². The van der Waals surface area contributed by atoms with E-state index in [0.29, 0.717) is 19.5 Å². The van der Waals surface area contributed by atoms with Gasteiger partial charge in [-0.2, -0.15) is 0 Å². The van der Waals surface area contributed by atoms with Gasteiger partial charge in [0.25, 0.3) is 0 Å². The number of ether oxygens (including phenoxy) is 1. The van der Waals surface area contributed by atoms with E-state index in [1.165, 1.54) is 5.56 Å². The van der Waals surface area contributed by atoms with Gasteiger partial charge in [-0.15, -0.1) is 0 Å². The average Bonchev–Trinajstić information content (AvgIpc) is 2.60. The van der Waals surface area contributed by atoms with Crippen molar-refractivity contribution in [1.29, 1.82) is 0 Å². The van der Waals surface area contributed by atoms with Crippen LogP contribution in [0.25, 0.3) is 0 Å². The molecule has 4 nitrogen and oxygen atoms in total. The van der Waals surface area contributed by atoms with Crippen molar-refractivity contribution in [3.8, 4) is 5.75 Å². The molecule has 0 atom stereocenters. The fourth-order valence-corrected chi connectivity index (χ4v) is 2.31. The zero-order chi connectivity index (χ0) is 16.3. The van der Waals surface area contributed by atoms with E-state index in [1.54, 1.807) is 7.11 Å². The number of methoxy groups -OCH3 is 1. The van der Waals surface area contributed by atoms with Crippen LogP contribution in [0.4, 0.5) is 5.69 Å². The first-order valence-corrected chi connectivity index (χ1v) is 7.96. The van der Waals surface area contributed by atoms with E-state index in [0.717, 1.165) is 24.3 Å². The lowest BCUT2D eigenvalue weighted by Crippen LogP contribution is -2.26. The molecule has 0 heterocycles. The third-order valence-corrected chi connectivity index (χ3v) is 3.56. The Balaban J connectivity index is 1.58. The summed E-state index contributed by atoms with van der Waals surface area (Å²) in [5.41, 5.74) is 2.27. The highest BCUT2D eigenvalue weighted by atomic mass is 16.5. The lowest BCUT2D eigenvalue weighted by Gasteiger charge is -2.08. The minimum absolute atomic E-state index is 0.0773. The number of nitrogens with one attached hydrogen (secondary N) is 2. The molecule has 0 radical (unpaired) electrons. The summed E-state index contributed by atoms with van der Waals surface area (Å²) in [6.45, 7) is 1.32. The number of carbonyl (C=O) groups excluding carboxylic acids is 1. The van der Waals surface area contributed by atoms with Crippen LogP contribution in [0.15, 0.2) is 54.6 Å². The summed E-state index contributed by atoms with van der Waals surface area (Å²) >= 11 is 0. The van der Waals surface area contributed by atoms with Crippen molar-refractivity contribution in [1.82, 2.24) is 5.32 Å². The highest BCUT2D eigenvalue weighted by Gasteiger charge is 2.01. The summed E-state index contributed by atoms with van der Waals surface area (Å²) in [5, 5.41) is 6.18. The Bertz CT molecular complexity index is 599. The summed E-state index contributed by atoms with van der Waals surface area (Å²) in [5.74, 6) is 0.883. The van der Waals surface area contributed by atoms with Crippen molar-refractivity contribution in [3.05, 3.63) is 60.2 Å². The molecule has 0 unspecified atom stereocenters. The molecule has 0 saturated carbocycles. The molecule has 2 aromatic carbocycles. The lowest BCUT2D eigenvalue weighted by atomic mass is 10.1. The fourth-order valence-electron chi connectivity index (χ4n) is 2.31. The van der Waals surface area contributed by atoms with Crippen molar-refractivity contribution >= 4 is 11.6 Å². The normalized spacial score (nSPS) is 10.1. The van der Waals surface area contributed by atoms with Crippen LogP contribution in [-0.4, -0.2) is 26.1 Å². The number of aryl methyl sites for hydroxylation is 1. The summed E-state index contributed by atoms with van der Waals surface area (Å²) < 4.78 is 5.16. The Hall–Kier alpha value is -2.49. The SMILES string of the molecule is COc1cccc(NCCC(=O)NCCCc2ccccc2)c1. The first-order valence-electron chi connectivity index (χ1n) is 7.96. The molecule has 0 saturated heterocycles. The minimum atomic E-state index is 0.0773. The van der Waals surface area contributed by atoms with Gasteiger partial charge in [-0.3, -0.25) is 4.79 Å².